The molecule has 2 aromatic rings. The van der Waals surface area contributed by atoms with Gasteiger partial charge in [0.2, 0.25) is 0 Å². The Morgan fingerprint density at radius 2 is 1.72 bits per heavy atom. The predicted octanol–water partition coefficient (Wildman–Crippen LogP) is 3.74. The van der Waals surface area contributed by atoms with Crippen LogP contribution in [0, 0.1) is 0 Å². The monoisotopic (exact) mass is 454 g/mol. The zero-order valence-electron chi connectivity index (χ0n) is 17.4. The number of ether oxygens (including phenoxy) is 1. The molecule has 0 unspecified atom stereocenters. The molecular formula is C24H23ClN2O5. The molecule has 7 nitrogen and oxygen atoms in total. The number of amides is 3. The minimum Gasteiger partial charge on any atom is -0.452 e. The molecule has 0 atom stereocenters. The third-order valence-corrected chi connectivity index (χ3v) is 6.23. The van der Waals surface area contributed by atoms with E-state index in [-0.39, 0.29) is 35.5 Å². The minimum absolute atomic E-state index is 0.0895. The summed E-state index contributed by atoms with van der Waals surface area (Å²) in [5.41, 5.74) is 1.38. The van der Waals surface area contributed by atoms with Crippen molar-refractivity contribution in [3.63, 3.8) is 0 Å². The number of nitrogens with one attached hydrogen (secondary N) is 1. The molecule has 166 valence electrons. The zero-order chi connectivity index (χ0) is 22.7. The van der Waals surface area contributed by atoms with Crippen molar-refractivity contribution >= 4 is 35.3 Å². The molecule has 0 spiro atoms. The lowest BCUT2D eigenvalue weighted by molar-refractivity contribution is -0.124. The number of halogens is 1. The van der Waals surface area contributed by atoms with E-state index in [0.29, 0.717) is 10.6 Å². The fraction of sp³-hybridized carbons (Fsp3) is 0.333. The first-order valence-electron chi connectivity index (χ1n) is 10.6. The highest BCUT2D eigenvalue weighted by Gasteiger charge is 2.40. The molecule has 0 aromatic heterocycles. The van der Waals surface area contributed by atoms with Crippen LogP contribution < -0.4 is 5.32 Å². The summed E-state index contributed by atoms with van der Waals surface area (Å²) in [6.07, 6.45) is 4.72. The number of nitrogens with zero attached hydrogens (tertiary/aromatic N) is 1. The Labute approximate surface area is 190 Å². The van der Waals surface area contributed by atoms with Crippen LogP contribution in [0.15, 0.2) is 42.5 Å². The molecule has 0 saturated heterocycles. The fourth-order valence-electron chi connectivity index (χ4n) is 4.16. The molecule has 0 bridgehead atoms. The molecule has 3 amide bonds. The van der Waals surface area contributed by atoms with Crippen molar-refractivity contribution in [1.82, 2.24) is 10.2 Å². The van der Waals surface area contributed by atoms with Crippen molar-refractivity contribution in [2.75, 3.05) is 6.61 Å². The number of fused-ring (bicyclic) bond motifs is 1. The van der Waals surface area contributed by atoms with Gasteiger partial charge in [0.25, 0.3) is 17.7 Å². The Bertz CT molecular complexity index is 1080. The molecule has 32 heavy (non-hydrogen) atoms. The van der Waals surface area contributed by atoms with Gasteiger partial charge in [0, 0.05) is 17.6 Å². The van der Waals surface area contributed by atoms with Gasteiger partial charge in [-0.2, -0.15) is 0 Å². The number of imide groups is 1. The lowest BCUT2D eigenvalue weighted by atomic mass is 9.94. The van der Waals surface area contributed by atoms with Crippen molar-refractivity contribution in [1.29, 1.82) is 0 Å². The SMILES string of the molecule is O=C(COC(=O)c1ccc2c(c1)C(=O)N(C1CCCCC1)C2=O)NCc1ccccc1Cl. The predicted molar refractivity (Wildman–Crippen MR) is 117 cm³/mol. The van der Waals surface area contributed by atoms with Gasteiger partial charge in [-0.3, -0.25) is 19.3 Å². The van der Waals surface area contributed by atoms with Gasteiger partial charge in [-0.1, -0.05) is 49.1 Å². The summed E-state index contributed by atoms with van der Waals surface area (Å²) in [7, 11) is 0. The lowest BCUT2D eigenvalue weighted by Gasteiger charge is -2.29. The maximum Gasteiger partial charge on any atom is 0.338 e. The minimum atomic E-state index is -0.739. The summed E-state index contributed by atoms with van der Waals surface area (Å²) < 4.78 is 5.08. The molecule has 1 saturated carbocycles. The molecule has 2 aromatic carbocycles. The Balaban J connectivity index is 1.36. The van der Waals surface area contributed by atoms with E-state index < -0.39 is 18.5 Å². The first-order valence-corrected chi connectivity index (χ1v) is 11.0. The van der Waals surface area contributed by atoms with E-state index >= 15 is 0 Å². The standard InChI is InChI=1S/C24H23ClN2O5/c25-20-9-5-4-6-16(20)13-26-21(28)14-32-24(31)15-10-11-18-19(12-15)23(30)27(22(18)29)17-7-2-1-3-8-17/h4-6,9-12,17H,1-3,7-8,13-14H2,(H,26,28). The number of carbonyl (C=O) groups excluding carboxylic acids is 4. The Morgan fingerprint density at radius 1 is 1.00 bits per heavy atom. The van der Waals surface area contributed by atoms with Gasteiger partial charge in [0.1, 0.15) is 0 Å². The maximum atomic E-state index is 12.9. The van der Waals surface area contributed by atoms with Gasteiger partial charge >= 0.3 is 5.97 Å². The van der Waals surface area contributed by atoms with Crippen LogP contribution >= 0.6 is 11.6 Å². The van der Waals surface area contributed by atoms with Crippen LogP contribution in [0.1, 0.15) is 68.7 Å². The molecule has 0 radical (unpaired) electrons. The van der Waals surface area contributed by atoms with Crippen molar-refractivity contribution in [2.24, 2.45) is 0 Å². The summed E-state index contributed by atoms with van der Waals surface area (Å²) >= 11 is 6.05. The van der Waals surface area contributed by atoms with Crippen LogP contribution in [0.25, 0.3) is 0 Å². The fourth-order valence-corrected chi connectivity index (χ4v) is 4.36. The Kier molecular flexibility index (Phi) is 6.55. The third kappa shape index (κ3) is 4.53. The molecular weight excluding hydrogens is 432 g/mol. The van der Waals surface area contributed by atoms with Gasteiger partial charge in [0.15, 0.2) is 6.61 Å². The van der Waals surface area contributed by atoms with Gasteiger partial charge in [-0.15, -0.1) is 0 Å². The van der Waals surface area contributed by atoms with E-state index in [4.69, 9.17) is 16.3 Å². The molecule has 1 aliphatic heterocycles. The summed E-state index contributed by atoms with van der Waals surface area (Å²) in [4.78, 5) is 51.4. The van der Waals surface area contributed by atoms with Crippen LogP contribution in [0.2, 0.25) is 5.02 Å². The zero-order valence-corrected chi connectivity index (χ0v) is 18.2. The van der Waals surface area contributed by atoms with Crippen LogP contribution in [-0.4, -0.2) is 41.2 Å². The molecule has 4 rings (SSSR count). The van der Waals surface area contributed by atoms with E-state index in [1.165, 1.54) is 23.1 Å². The van der Waals surface area contributed by atoms with Crippen molar-refractivity contribution in [3.05, 3.63) is 69.7 Å². The van der Waals surface area contributed by atoms with Gasteiger partial charge in [-0.25, -0.2) is 4.79 Å². The van der Waals surface area contributed by atoms with Crippen molar-refractivity contribution < 1.29 is 23.9 Å². The Hall–Kier alpha value is -3.19. The number of hydrogen-bond donors (Lipinski definition) is 1. The number of esters is 1. The average Bonchev–Trinajstić information content (AvgIpc) is 3.06. The van der Waals surface area contributed by atoms with E-state index in [1.807, 2.05) is 6.07 Å². The average molecular weight is 455 g/mol. The van der Waals surface area contributed by atoms with E-state index in [1.54, 1.807) is 18.2 Å². The largest absolute Gasteiger partial charge is 0.452 e. The molecule has 2 aliphatic rings. The summed E-state index contributed by atoms with van der Waals surface area (Å²) in [5.74, 6) is -1.90. The van der Waals surface area contributed by atoms with E-state index in [2.05, 4.69) is 5.32 Å². The summed E-state index contributed by atoms with van der Waals surface area (Å²) in [5, 5.41) is 3.17. The smallest absolute Gasteiger partial charge is 0.338 e. The van der Waals surface area contributed by atoms with Crippen molar-refractivity contribution in [2.45, 2.75) is 44.7 Å². The number of hydrogen-bond acceptors (Lipinski definition) is 5. The number of benzene rings is 2. The molecule has 1 aliphatic carbocycles. The Morgan fingerprint density at radius 3 is 2.47 bits per heavy atom. The lowest BCUT2D eigenvalue weighted by Crippen LogP contribution is -2.40. The van der Waals surface area contributed by atoms with Gasteiger partial charge in [0.05, 0.1) is 16.7 Å². The van der Waals surface area contributed by atoms with Crippen LogP contribution in [0.5, 0.6) is 0 Å². The van der Waals surface area contributed by atoms with Gasteiger partial charge in [-0.05, 0) is 42.7 Å². The van der Waals surface area contributed by atoms with Crippen LogP contribution in [0.3, 0.4) is 0 Å². The summed E-state index contributed by atoms with van der Waals surface area (Å²) in [6, 6.07) is 11.3. The van der Waals surface area contributed by atoms with E-state index in [0.717, 1.165) is 37.7 Å². The molecule has 1 heterocycles. The second kappa shape index (κ2) is 9.53. The summed E-state index contributed by atoms with van der Waals surface area (Å²) in [6.45, 7) is -0.260. The number of rotatable bonds is 6. The second-order valence-corrected chi connectivity index (χ2v) is 8.38. The first kappa shape index (κ1) is 22.0. The van der Waals surface area contributed by atoms with E-state index in [9.17, 15) is 19.2 Å². The highest BCUT2D eigenvalue weighted by atomic mass is 35.5. The second-order valence-electron chi connectivity index (χ2n) is 7.98. The van der Waals surface area contributed by atoms with Crippen molar-refractivity contribution in [3.8, 4) is 0 Å². The quantitative estimate of drug-likeness (QED) is 0.530. The first-order chi connectivity index (χ1) is 15.5. The third-order valence-electron chi connectivity index (χ3n) is 5.86. The molecule has 1 N–H and O–H groups in total. The van der Waals surface area contributed by atoms with Crippen LogP contribution in [0.4, 0.5) is 0 Å². The maximum absolute atomic E-state index is 12.9. The number of carbonyl (C=O) groups is 4. The highest BCUT2D eigenvalue weighted by Crippen LogP contribution is 2.31. The topological polar surface area (TPSA) is 92.8 Å². The highest BCUT2D eigenvalue weighted by molar-refractivity contribution is 6.31. The van der Waals surface area contributed by atoms with Crippen LogP contribution in [-0.2, 0) is 16.1 Å². The molecule has 1 fully saturated rings. The van der Waals surface area contributed by atoms with Gasteiger partial charge < -0.3 is 10.1 Å². The normalized spacial score (nSPS) is 16.1. The molecule has 8 heteroatoms.